The van der Waals surface area contributed by atoms with Gasteiger partial charge in [0.2, 0.25) is 0 Å². The first-order chi connectivity index (χ1) is 8.79. The van der Waals surface area contributed by atoms with Crippen LogP contribution in [0.15, 0.2) is 22.6 Å². The van der Waals surface area contributed by atoms with Crippen LogP contribution in [0.1, 0.15) is 37.0 Å². The zero-order valence-corrected chi connectivity index (χ0v) is 12.1. The molecule has 1 aliphatic rings. The van der Waals surface area contributed by atoms with Crippen LogP contribution in [0.5, 0.6) is 5.75 Å². The summed E-state index contributed by atoms with van der Waals surface area (Å²) < 4.78 is 12.0. The molecule has 3 heteroatoms. The number of rotatable bonds is 3. The van der Waals surface area contributed by atoms with Crippen molar-refractivity contribution in [3.8, 4) is 5.75 Å². The van der Waals surface area contributed by atoms with Crippen molar-refractivity contribution in [2.45, 2.75) is 44.0 Å². The monoisotopic (exact) mass is 308 g/mol. The van der Waals surface area contributed by atoms with E-state index in [1.54, 1.807) is 0 Å². The summed E-state index contributed by atoms with van der Waals surface area (Å²) >= 11 is 3.46. The number of benzene rings is 1. The Labute approximate surface area is 115 Å². The number of fused-ring (bicyclic) bond motifs is 1. The Balaban J connectivity index is 2.00. The summed E-state index contributed by atoms with van der Waals surface area (Å²) in [7, 11) is 0. The van der Waals surface area contributed by atoms with Crippen molar-refractivity contribution in [3.63, 3.8) is 0 Å². The second kappa shape index (κ2) is 4.96. The van der Waals surface area contributed by atoms with Gasteiger partial charge in [0.05, 0.1) is 11.4 Å². The SMILES string of the molecule is Cc1c(CBr)oc2c(OC3CCCC3)cccc12. The lowest BCUT2D eigenvalue weighted by molar-refractivity contribution is 0.210. The highest BCUT2D eigenvalue weighted by atomic mass is 79.9. The van der Waals surface area contributed by atoms with Crippen molar-refractivity contribution in [1.82, 2.24) is 0 Å². The molecule has 0 radical (unpaired) electrons. The van der Waals surface area contributed by atoms with Gasteiger partial charge in [-0.05, 0) is 44.2 Å². The highest BCUT2D eigenvalue weighted by Gasteiger charge is 2.19. The Kier molecular flexibility index (Phi) is 3.33. The van der Waals surface area contributed by atoms with Crippen LogP contribution in [-0.2, 0) is 5.33 Å². The van der Waals surface area contributed by atoms with Crippen molar-refractivity contribution >= 4 is 26.9 Å². The van der Waals surface area contributed by atoms with Crippen molar-refractivity contribution in [3.05, 3.63) is 29.5 Å². The molecule has 0 amide bonds. The van der Waals surface area contributed by atoms with Gasteiger partial charge in [-0.3, -0.25) is 0 Å². The fraction of sp³-hybridized carbons (Fsp3) is 0.467. The molecule has 18 heavy (non-hydrogen) atoms. The molecule has 1 aliphatic carbocycles. The second-order valence-electron chi connectivity index (χ2n) is 4.94. The lowest BCUT2D eigenvalue weighted by Gasteiger charge is -2.12. The minimum absolute atomic E-state index is 0.369. The smallest absolute Gasteiger partial charge is 0.176 e. The van der Waals surface area contributed by atoms with Crippen LogP contribution in [0.25, 0.3) is 11.0 Å². The highest BCUT2D eigenvalue weighted by molar-refractivity contribution is 9.08. The van der Waals surface area contributed by atoms with Crippen LogP contribution in [0.3, 0.4) is 0 Å². The average Bonchev–Trinajstić information content (AvgIpc) is 2.99. The lowest BCUT2D eigenvalue weighted by Crippen LogP contribution is -2.10. The lowest BCUT2D eigenvalue weighted by atomic mass is 10.1. The van der Waals surface area contributed by atoms with Crippen LogP contribution in [-0.4, -0.2) is 6.10 Å². The van der Waals surface area contributed by atoms with E-state index >= 15 is 0 Å². The third kappa shape index (κ3) is 2.05. The molecule has 3 rings (SSSR count). The van der Waals surface area contributed by atoms with Crippen molar-refractivity contribution in [2.75, 3.05) is 0 Å². The first-order valence-electron chi connectivity index (χ1n) is 6.53. The molecule has 1 heterocycles. The standard InChI is InChI=1S/C15H17BrO2/c1-10-12-7-4-8-13(15(12)18-14(10)9-16)17-11-5-2-3-6-11/h4,7-8,11H,2-3,5-6,9H2,1H3. The summed E-state index contributed by atoms with van der Waals surface area (Å²) in [4.78, 5) is 0. The van der Waals surface area contributed by atoms with Gasteiger partial charge in [0.15, 0.2) is 11.3 Å². The van der Waals surface area contributed by atoms with Crippen LogP contribution in [0, 0.1) is 6.92 Å². The van der Waals surface area contributed by atoms with E-state index in [2.05, 4.69) is 28.9 Å². The predicted molar refractivity (Wildman–Crippen MR) is 76.5 cm³/mol. The Morgan fingerprint density at radius 2 is 2.11 bits per heavy atom. The average molecular weight is 309 g/mol. The molecule has 1 saturated carbocycles. The van der Waals surface area contributed by atoms with E-state index < -0.39 is 0 Å². The topological polar surface area (TPSA) is 22.4 Å². The quantitative estimate of drug-likeness (QED) is 0.748. The molecule has 1 fully saturated rings. The van der Waals surface area contributed by atoms with Gasteiger partial charge in [-0.1, -0.05) is 28.1 Å². The molecule has 1 aromatic carbocycles. The van der Waals surface area contributed by atoms with E-state index in [1.807, 2.05) is 12.1 Å². The molecule has 0 atom stereocenters. The molecular formula is C15H17BrO2. The van der Waals surface area contributed by atoms with Crippen molar-refractivity contribution in [2.24, 2.45) is 0 Å². The predicted octanol–water partition coefficient (Wildman–Crippen LogP) is 4.96. The molecule has 0 bridgehead atoms. The third-order valence-corrected chi connectivity index (χ3v) is 4.25. The number of hydrogen-bond acceptors (Lipinski definition) is 2. The number of ether oxygens (including phenoxy) is 1. The Bertz CT molecular complexity index is 553. The van der Waals surface area contributed by atoms with Gasteiger partial charge in [0.1, 0.15) is 5.76 Å². The molecule has 2 nitrogen and oxygen atoms in total. The van der Waals surface area contributed by atoms with Crippen molar-refractivity contribution < 1.29 is 9.15 Å². The number of aryl methyl sites for hydroxylation is 1. The first-order valence-corrected chi connectivity index (χ1v) is 7.65. The van der Waals surface area contributed by atoms with E-state index in [0.717, 1.165) is 22.4 Å². The number of furan rings is 1. The summed E-state index contributed by atoms with van der Waals surface area (Å²) in [6.07, 6.45) is 5.27. The highest BCUT2D eigenvalue weighted by Crippen LogP contribution is 2.35. The van der Waals surface area contributed by atoms with Crippen LogP contribution >= 0.6 is 15.9 Å². The molecule has 0 N–H and O–H groups in total. The Morgan fingerprint density at radius 1 is 1.33 bits per heavy atom. The number of halogens is 1. The van der Waals surface area contributed by atoms with Gasteiger partial charge in [-0.25, -0.2) is 0 Å². The summed E-state index contributed by atoms with van der Waals surface area (Å²) in [6.45, 7) is 2.10. The van der Waals surface area contributed by atoms with E-state index in [-0.39, 0.29) is 0 Å². The summed E-state index contributed by atoms with van der Waals surface area (Å²) in [5, 5.41) is 1.91. The molecule has 0 saturated heterocycles. The van der Waals surface area contributed by atoms with Crippen LogP contribution < -0.4 is 4.74 Å². The molecule has 0 aliphatic heterocycles. The summed E-state index contributed by atoms with van der Waals surface area (Å²) in [5.41, 5.74) is 2.11. The van der Waals surface area contributed by atoms with E-state index in [9.17, 15) is 0 Å². The molecule has 96 valence electrons. The summed E-state index contributed by atoms with van der Waals surface area (Å²) in [6, 6.07) is 6.16. The Morgan fingerprint density at radius 3 is 2.83 bits per heavy atom. The summed E-state index contributed by atoms with van der Waals surface area (Å²) in [5.74, 6) is 1.89. The van der Waals surface area contributed by atoms with Gasteiger partial charge >= 0.3 is 0 Å². The van der Waals surface area contributed by atoms with E-state index in [0.29, 0.717) is 6.10 Å². The van der Waals surface area contributed by atoms with Crippen LogP contribution in [0.2, 0.25) is 0 Å². The second-order valence-corrected chi connectivity index (χ2v) is 5.50. The fourth-order valence-electron chi connectivity index (χ4n) is 2.67. The molecule has 2 aromatic rings. The van der Waals surface area contributed by atoms with Gasteiger partial charge in [-0.2, -0.15) is 0 Å². The van der Waals surface area contributed by atoms with E-state index in [4.69, 9.17) is 9.15 Å². The maximum Gasteiger partial charge on any atom is 0.176 e. The fourth-order valence-corrected chi connectivity index (χ4v) is 3.21. The Hall–Kier alpha value is -0.960. The molecule has 0 spiro atoms. The third-order valence-electron chi connectivity index (χ3n) is 3.74. The van der Waals surface area contributed by atoms with Gasteiger partial charge < -0.3 is 9.15 Å². The van der Waals surface area contributed by atoms with Crippen molar-refractivity contribution in [1.29, 1.82) is 0 Å². The normalized spacial score (nSPS) is 16.6. The number of para-hydroxylation sites is 1. The largest absolute Gasteiger partial charge is 0.486 e. The molecular weight excluding hydrogens is 292 g/mol. The number of hydrogen-bond donors (Lipinski definition) is 0. The van der Waals surface area contributed by atoms with E-state index in [1.165, 1.54) is 36.6 Å². The van der Waals surface area contributed by atoms with Gasteiger partial charge in [-0.15, -0.1) is 0 Å². The minimum atomic E-state index is 0.369. The minimum Gasteiger partial charge on any atom is -0.486 e. The zero-order valence-electron chi connectivity index (χ0n) is 10.5. The zero-order chi connectivity index (χ0) is 12.5. The molecule has 0 unspecified atom stereocenters. The maximum absolute atomic E-state index is 6.09. The van der Waals surface area contributed by atoms with Crippen LogP contribution in [0.4, 0.5) is 0 Å². The first kappa shape index (κ1) is 12.1. The number of alkyl halides is 1. The van der Waals surface area contributed by atoms with Gasteiger partial charge in [0.25, 0.3) is 0 Å². The maximum atomic E-state index is 6.09. The van der Waals surface area contributed by atoms with Gasteiger partial charge in [0, 0.05) is 5.39 Å². The molecule has 1 aromatic heterocycles.